The van der Waals surface area contributed by atoms with Gasteiger partial charge in [0.15, 0.2) is 5.78 Å². The van der Waals surface area contributed by atoms with E-state index in [0.717, 1.165) is 11.3 Å². The Hall–Kier alpha value is -1.49. The normalized spacial score (nSPS) is 10.0. The van der Waals surface area contributed by atoms with Gasteiger partial charge in [0.25, 0.3) is 5.91 Å². The molecule has 1 heterocycles. The number of allylic oxidation sites excluding steroid dienone is 1. The maximum Gasteiger partial charge on any atom is 0.264 e. The van der Waals surface area contributed by atoms with Crippen LogP contribution in [0.25, 0.3) is 0 Å². The Kier molecular flexibility index (Phi) is 5.03. The van der Waals surface area contributed by atoms with E-state index in [1.165, 1.54) is 0 Å². The monoisotopic (exact) mass is 255 g/mol. The van der Waals surface area contributed by atoms with E-state index in [1.807, 2.05) is 0 Å². The second kappa shape index (κ2) is 6.30. The molecule has 0 saturated carbocycles. The van der Waals surface area contributed by atoms with E-state index < -0.39 is 11.7 Å². The number of thiophene rings is 1. The summed E-state index contributed by atoms with van der Waals surface area (Å²) >= 11 is 1.04. The predicted molar refractivity (Wildman–Crippen MR) is 65.8 cm³/mol. The fraction of sp³-hybridized carbons (Fsp3) is 0.333. The number of nitrogens with one attached hydrogen (secondary N) is 1. The molecular weight excluding hydrogens is 241 g/mol. The van der Waals surface area contributed by atoms with Crippen LogP contribution in [0.1, 0.15) is 28.1 Å². The van der Waals surface area contributed by atoms with E-state index >= 15 is 0 Å². The van der Waals surface area contributed by atoms with Gasteiger partial charge < -0.3 is 5.32 Å². The first-order valence-electron chi connectivity index (χ1n) is 5.20. The van der Waals surface area contributed by atoms with Gasteiger partial charge in [0.1, 0.15) is 10.7 Å². The molecule has 1 aromatic heterocycles. The summed E-state index contributed by atoms with van der Waals surface area (Å²) in [5.41, 5.74) is 0.443. The number of aryl methyl sites for hydroxylation is 1. The van der Waals surface area contributed by atoms with E-state index in [9.17, 15) is 14.0 Å². The van der Waals surface area contributed by atoms with Gasteiger partial charge in [0.05, 0.1) is 6.54 Å². The van der Waals surface area contributed by atoms with Crippen LogP contribution in [0.5, 0.6) is 0 Å². The lowest BCUT2D eigenvalue weighted by atomic mass is 10.2. The molecule has 0 atom stereocenters. The average molecular weight is 255 g/mol. The SMILES string of the molecule is C=CCCC(=O)CNC(=O)c1scc(C)c1F. The van der Waals surface area contributed by atoms with Crippen LogP contribution in [0.2, 0.25) is 0 Å². The summed E-state index contributed by atoms with van der Waals surface area (Å²) in [6.07, 6.45) is 2.57. The third kappa shape index (κ3) is 3.78. The average Bonchev–Trinajstić information content (AvgIpc) is 2.64. The van der Waals surface area contributed by atoms with Gasteiger partial charge in [-0.2, -0.15) is 0 Å². The van der Waals surface area contributed by atoms with Crippen molar-refractivity contribution in [1.29, 1.82) is 0 Å². The summed E-state index contributed by atoms with van der Waals surface area (Å²) in [6.45, 7) is 5.03. The zero-order chi connectivity index (χ0) is 12.8. The third-order valence-electron chi connectivity index (χ3n) is 2.18. The van der Waals surface area contributed by atoms with Gasteiger partial charge in [-0.3, -0.25) is 9.59 Å². The van der Waals surface area contributed by atoms with Gasteiger partial charge in [-0.1, -0.05) is 6.08 Å². The summed E-state index contributed by atoms with van der Waals surface area (Å²) < 4.78 is 13.4. The highest BCUT2D eigenvalue weighted by molar-refractivity contribution is 7.12. The quantitative estimate of drug-likeness (QED) is 0.794. The van der Waals surface area contributed by atoms with Crippen LogP contribution in [0, 0.1) is 12.7 Å². The number of halogens is 1. The predicted octanol–water partition coefficient (Wildman–Crippen LogP) is 2.46. The van der Waals surface area contributed by atoms with Crippen LogP contribution >= 0.6 is 11.3 Å². The molecule has 1 rings (SSSR count). The van der Waals surface area contributed by atoms with Gasteiger partial charge >= 0.3 is 0 Å². The van der Waals surface area contributed by atoms with Crippen LogP contribution < -0.4 is 5.32 Å². The Morgan fingerprint density at radius 3 is 2.82 bits per heavy atom. The van der Waals surface area contributed by atoms with Crippen molar-refractivity contribution in [3.05, 3.63) is 34.3 Å². The molecule has 0 saturated heterocycles. The number of amides is 1. The van der Waals surface area contributed by atoms with Gasteiger partial charge in [0.2, 0.25) is 0 Å². The summed E-state index contributed by atoms with van der Waals surface area (Å²) in [5, 5.41) is 3.98. The molecule has 3 nitrogen and oxygen atoms in total. The van der Waals surface area contributed by atoms with Crippen LogP contribution in [-0.2, 0) is 4.79 Å². The molecule has 0 aliphatic carbocycles. The number of Topliss-reactive ketones (excluding diaryl/α,β-unsaturated/α-hetero) is 1. The molecule has 92 valence electrons. The molecule has 0 spiro atoms. The Morgan fingerprint density at radius 2 is 2.29 bits per heavy atom. The molecule has 1 aromatic rings. The summed E-state index contributed by atoms with van der Waals surface area (Å²) in [5.74, 6) is -1.13. The smallest absolute Gasteiger partial charge is 0.264 e. The molecule has 1 amide bonds. The van der Waals surface area contributed by atoms with Crippen molar-refractivity contribution in [1.82, 2.24) is 5.32 Å². The molecule has 0 aliphatic heterocycles. The summed E-state index contributed by atoms with van der Waals surface area (Å²) in [6, 6.07) is 0. The van der Waals surface area contributed by atoms with Crippen molar-refractivity contribution in [3.8, 4) is 0 Å². The summed E-state index contributed by atoms with van der Waals surface area (Å²) in [7, 11) is 0. The minimum absolute atomic E-state index is 0.0269. The van der Waals surface area contributed by atoms with Crippen molar-refractivity contribution in [2.75, 3.05) is 6.54 Å². The lowest BCUT2D eigenvalue weighted by molar-refractivity contribution is -0.118. The maximum atomic E-state index is 13.4. The van der Waals surface area contributed by atoms with Crippen LogP contribution in [0.15, 0.2) is 18.0 Å². The van der Waals surface area contributed by atoms with Gasteiger partial charge in [0, 0.05) is 6.42 Å². The molecule has 0 bridgehead atoms. The van der Waals surface area contributed by atoms with Crippen molar-refractivity contribution in [2.24, 2.45) is 0 Å². The van der Waals surface area contributed by atoms with E-state index in [-0.39, 0.29) is 17.2 Å². The van der Waals surface area contributed by atoms with E-state index in [1.54, 1.807) is 18.4 Å². The molecule has 5 heteroatoms. The molecule has 0 unspecified atom stereocenters. The largest absolute Gasteiger partial charge is 0.344 e. The van der Waals surface area contributed by atoms with Gasteiger partial charge in [-0.05, 0) is 24.3 Å². The van der Waals surface area contributed by atoms with E-state index in [0.29, 0.717) is 18.4 Å². The van der Waals surface area contributed by atoms with Gasteiger partial charge in [-0.15, -0.1) is 17.9 Å². The first kappa shape index (κ1) is 13.6. The number of ketones is 1. The number of carbonyl (C=O) groups excluding carboxylic acids is 2. The second-order valence-corrected chi connectivity index (χ2v) is 4.49. The zero-order valence-electron chi connectivity index (χ0n) is 9.59. The lowest BCUT2D eigenvalue weighted by Gasteiger charge is -2.02. The number of hydrogen-bond donors (Lipinski definition) is 1. The molecule has 0 aliphatic rings. The minimum Gasteiger partial charge on any atom is -0.344 e. The molecule has 17 heavy (non-hydrogen) atoms. The topological polar surface area (TPSA) is 46.2 Å². The first-order valence-corrected chi connectivity index (χ1v) is 6.08. The van der Waals surface area contributed by atoms with E-state index in [2.05, 4.69) is 11.9 Å². The molecule has 0 radical (unpaired) electrons. The second-order valence-electron chi connectivity index (χ2n) is 3.61. The van der Waals surface area contributed by atoms with Crippen molar-refractivity contribution in [2.45, 2.75) is 19.8 Å². The zero-order valence-corrected chi connectivity index (χ0v) is 10.4. The fourth-order valence-electron chi connectivity index (χ4n) is 1.19. The maximum absolute atomic E-state index is 13.4. The highest BCUT2D eigenvalue weighted by atomic mass is 32.1. The number of carbonyl (C=O) groups is 2. The van der Waals surface area contributed by atoms with Crippen molar-refractivity contribution < 1.29 is 14.0 Å². The summed E-state index contributed by atoms with van der Waals surface area (Å²) in [4.78, 5) is 22.8. The van der Waals surface area contributed by atoms with Crippen LogP contribution in [0.3, 0.4) is 0 Å². The Labute approximate surface area is 103 Å². The fourth-order valence-corrected chi connectivity index (χ4v) is 2.04. The van der Waals surface area contributed by atoms with E-state index in [4.69, 9.17) is 0 Å². The van der Waals surface area contributed by atoms with Crippen LogP contribution in [-0.4, -0.2) is 18.2 Å². The highest BCUT2D eigenvalue weighted by Crippen LogP contribution is 2.19. The molecule has 1 N–H and O–H groups in total. The molecule has 0 aromatic carbocycles. The van der Waals surface area contributed by atoms with Crippen LogP contribution in [0.4, 0.5) is 4.39 Å². The lowest BCUT2D eigenvalue weighted by Crippen LogP contribution is -2.29. The van der Waals surface area contributed by atoms with Crippen molar-refractivity contribution in [3.63, 3.8) is 0 Å². The third-order valence-corrected chi connectivity index (χ3v) is 3.25. The van der Waals surface area contributed by atoms with Crippen molar-refractivity contribution >= 4 is 23.0 Å². The van der Waals surface area contributed by atoms with Gasteiger partial charge in [-0.25, -0.2) is 4.39 Å². The number of hydrogen-bond acceptors (Lipinski definition) is 3. The first-order chi connectivity index (χ1) is 8.06. The minimum atomic E-state index is -0.535. The standard InChI is InChI=1S/C12H14FNO2S/c1-3-4-5-9(15)6-14-12(16)11-10(13)8(2)7-17-11/h3,7H,1,4-6H2,2H3,(H,14,16). The molecular formula is C12H14FNO2S. The molecule has 0 fully saturated rings. The number of rotatable bonds is 6. The Morgan fingerprint density at radius 1 is 1.59 bits per heavy atom. The Balaban J connectivity index is 2.48. The Bertz CT molecular complexity index is 440. The highest BCUT2D eigenvalue weighted by Gasteiger charge is 2.16.